The van der Waals surface area contributed by atoms with Gasteiger partial charge in [0.2, 0.25) is 5.91 Å². The van der Waals surface area contributed by atoms with Crippen molar-refractivity contribution in [2.24, 2.45) is 5.73 Å². The van der Waals surface area contributed by atoms with E-state index >= 15 is 0 Å². The van der Waals surface area contributed by atoms with Gasteiger partial charge in [0.1, 0.15) is 5.82 Å². The minimum atomic E-state index is -0.340. The molecule has 2 N–H and O–H groups in total. The largest absolute Gasteiger partial charge is 0.373 e. The maximum atomic E-state index is 13.5. The van der Waals surface area contributed by atoms with Crippen LogP contribution < -0.4 is 5.73 Å². The first-order valence-electron chi connectivity index (χ1n) is 6.46. The van der Waals surface area contributed by atoms with Crippen LogP contribution in [0.1, 0.15) is 12.5 Å². The Morgan fingerprint density at radius 1 is 1.58 bits per heavy atom. The zero-order chi connectivity index (χ0) is 13.8. The Kier molecular flexibility index (Phi) is 4.50. The van der Waals surface area contributed by atoms with Crippen molar-refractivity contribution in [3.63, 3.8) is 0 Å². The summed E-state index contributed by atoms with van der Waals surface area (Å²) >= 11 is 0. The number of amides is 1. The van der Waals surface area contributed by atoms with Crippen LogP contribution >= 0.6 is 0 Å². The summed E-state index contributed by atoms with van der Waals surface area (Å²) in [6.45, 7) is 3.35. The molecule has 1 amide bonds. The van der Waals surface area contributed by atoms with E-state index in [1.54, 1.807) is 23.1 Å². The van der Waals surface area contributed by atoms with Crippen LogP contribution in [0.3, 0.4) is 0 Å². The lowest BCUT2D eigenvalue weighted by Crippen LogP contribution is -2.51. The average molecular weight is 266 g/mol. The lowest BCUT2D eigenvalue weighted by molar-refractivity contribution is -0.138. The third-order valence-corrected chi connectivity index (χ3v) is 3.33. The van der Waals surface area contributed by atoms with Gasteiger partial charge in [-0.25, -0.2) is 4.39 Å². The summed E-state index contributed by atoms with van der Waals surface area (Å²) in [5, 5.41) is 0. The molecule has 5 heteroatoms. The van der Waals surface area contributed by atoms with Crippen molar-refractivity contribution in [3.05, 3.63) is 35.6 Å². The minimum absolute atomic E-state index is 0.0817. The van der Waals surface area contributed by atoms with Gasteiger partial charge in [-0.1, -0.05) is 18.2 Å². The lowest BCUT2D eigenvalue weighted by atomic mass is 10.1. The quantitative estimate of drug-likeness (QED) is 0.886. The van der Waals surface area contributed by atoms with Gasteiger partial charge in [0.05, 0.1) is 19.1 Å². The lowest BCUT2D eigenvalue weighted by Gasteiger charge is -2.34. The Morgan fingerprint density at radius 3 is 3.00 bits per heavy atom. The molecule has 0 unspecified atom stereocenters. The van der Waals surface area contributed by atoms with Gasteiger partial charge in [-0.15, -0.1) is 0 Å². The first-order chi connectivity index (χ1) is 9.08. The Bertz CT molecular complexity index is 451. The number of ether oxygens (including phenoxy) is 1. The fourth-order valence-electron chi connectivity index (χ4n) is 2.14. The number of carbonyl (C=O) groups excluding carboxylic acids is 1. The number of benzene rings is 1. The molecule has 1 heterocycles. The highest BCUT2D eigenvalue weighted by Crippen LogP contribution is 2.12. The van der Waals surface area contributed by atoms with E-state index in [-0.39, 0.29) is 30.3 Å². The van der Waals surface area contributed by atoms with Crippen molar-refractivity contribution >= 4 is 5.91 Å². The second-order valence-electron chi connectivity index (χ2n) is 4.88. The summed E-state index contributed by atoms with van der Waals surface area (Å²) in [6.07, 6.45) is -0.0588. The standard InChI is InChI=1S/C14H19FN2O2/c1-10(16)13-9-17(6-7-19-13)14(18)8-11-4-2-3-5-12(11)15/h2-5,10,13H,6-9,16H2,1H3/t10-,13+/m0/s1. The second kappa shape index (κ2) is 6.12. The molecule has 0 saturated carbocycles. The number of hydrogen-bond donors (Lipinski definition) is 1. The van der Waals surface area contributed by atoms with Gasteiger partial charge in [-0.3, -0.25) is 4.79 Å². The molecule has 1 fully saturated rings. The minimum Gasteiger partial charge on any atom is -0.373 e. The first kappa shape index (κ1) is 14.0. The van der Waals surface area contributed by atoms with Crippen molar-refractivity contribution in [3.8, 4) is 0 Å². The van der Waals surface area contributed by atoms with Gasteiger partial charge in [-0.05, 0) is 18.6 Å². The molecule has 0 spiro atoms. The van der Waals surface area contributed by atoms with Gasteiger partial charge in [0.15, 0.2) is 0 Å². The third kappa shape index (κ3) is 3.52. The molecule has 0 bridgehead atoms. The summed E-state index contributed by atoms with van der Waals surface area (Å²) in [7, 11) is 0. The SMILES string of the molecule is C[C@H](N)[C@H]1CN(C(=O)Cc2ccccc2F)CCO1. The molecule has 2 rings (SSSR count). The number of carbonyl (C=O) groups is 1. The van der Waals surface area contributed by atoms with E-state index in [1.165, 1.54) is 6.07 Å². The molecular weight excluding hydrogens is 247 g/mol. The van der Waals surface area contributed by atoms with Crippen LogP contribution in [-0.2, 0) is 16.0 Å². The number of nitrogens with zero attached hydrogens (tertiary/aromatic N) is 1. The third-order valence-electron chi connectivity index (χ3n) is 3.33. The maximum Gasteiger partial charge on any atom is 0.227 e. The van der Waals surface area contributed by atoms with Gasteiger partial charge < -0.3 is 15.4 Å². The predicted molar refractivity (Wildman–Crippen MR) is 70.1 cm³/mol. The number of nitrogens with two attached hydrogens (primary N) is 1. The molecule has 19 heavy (non-hydrogen) atoms. The van der Waals surface area contributed by atoms with Gasteiger partial charge in [-0.2, -0.15) is 0 Å². The molecular formula is C14H19FN2O2. The Labute approximate surface area is 112 Å². The molecule has 0 aromatic heterocycles. The van der Waals surface area contributed by atoms with Crippen molar-refractivity contribution in [1.82, 2.24) is 4.90 Å². The van der Waals surface area contributed by atoms with Crippen LogP contribution in [-0.4, -0.2) is 42.6 Å². The number of hydrogen-bond acceptors (Lipinski definition) is 3. The fourth-order valence-corrected chi connectivity index (χ4v) is 2.14. The van der Waals surface area contributed by atoms with Crippen LogP contribution in [0, 0.1) is 5.82 Å². The highest BCUT2D eigenvalue weighted by Gasteiger charge is 2.26. The van der Waals surface area contributed by atoms with Crippen LogP contribution in [0.4, 0.5) is 4.39 Å². The van der Waals surface area contributed by atoms with E-state index in [9.17, 15) is 9.18 Å². The normalized spacial score (nSPS) is 21.2. The highest BCUT2D eigenvalue weighted by molar-refractivity contribution is 5.79. The Hall–Kier alpha value is -1.46. The molecule has 1 aromatic rings. The topological polar surface area (TPSA) is 55.6 Å². The smallest absolute Gasteiger partial charge is 0.227 e. The molecule has 1 aromatic carbocycles. The molecule has 1 aliphatic rings. The van der Waals surface area contributed by atoms with E-state index in [2.05, 4.69) is 0 Å². The summed E-state index contributed by atoms with van der Waals surface area (Å²) < 4.78 is 19.0. The van der Waals surface area contributed by atoms with Crippen LogP contribution in [0.15, 0.2) is 24.3 Å². The second-order valence-corrected chi connectivity index (χ2v) is 4.88. The van der Waals surface area contributed by atoms with Crippen molar-refractivity contribution in [2.45, 2.75) is 25.5 Å². The summed E-state index contributed by atoms with van der Waals surface area (Å²) in [6, 6.07) is 6.23. The summed E-state index contributed by atoms with van der Waals surface area (Å²) in [4.78, 5) is 13.8. The summed E-state index contributed by atoms with van der Waals surface area (Å²) in [5.41, 5.74) is 6.21. The Morgan fingerprint density at radius 2 is 2.32 bits per heavy atom. The molecule has 0 aliphatic carbocycles. The van der Waals surface area contributed by atoms with Crippen molar-refractivity contribution in [2.75, 3.05) is 19.7 Å². The number of halogens is 1. The monoisotopic (exact) mass is 266 g/mol. The fraction of sp³-hybridized carbons (Fsp3) is 0.500. The van der Waals surface area contributed by atoms with Crippen molar-refractivity contribution < 1.29 is 13.9 Å². The van der Waals surface area contributed by atoms with Gasteiger partial charge in [0, 0.05) is 19.1 Å². The van der Waals surface area contributed by atoms with E-state index < -0.39 is 0 Å². The molecule has 2 atom stereocenters. The zero-order valence-electron chi connectivity index (χ0n) is 11.0. The van der Waals surface area contributed by atoms with Gasteiger partial charge in [0.25, 0.3) is 0 Å². The zero-order valence-corrected chi connectivity index (χ0v) is 11.0. The highest BCUT2D eigenvalue weighted by atomic mass is 19.1. The molecule has 1 saturated heterocycles. The van der Waals surface area contributed by atoms with Crippen LogP contribution in [0.5, 0.6) is 0 Å². The average Bonchev–Trinajstić information content (AvgIpc) is 2.41. The van der Waals surface area contributed by atoms with E-state index in [0.717, 1.165) is 0 Å². The Balaban J connectivity index is 1.98. The van der Waals surface area contributed by atoms with E-state index in [1.807, 2.05) is 6.92 Å². The van der Waals surface area contributed by atoms with E-state index in [0.29, 0.717) is 25.3 Å². The molecule has 0 radical (unpaired) electrons. The van der Waals surface area contributed by atoms with E-state index in [4.69, 9.17) is 10.5 Å². The number of morpholine rings is 1. The molecule has 4 nitrogen and oxygen atoms in total. The summed E-state index contributed by atoms with van der Waals surface area (Å²) in [5.74, 6) is -0.424. The number of rotatable bonds is 3. The van der Waals surface area contributed by atoms with Crippen LogP contribution in [0.2, 0.25) is 0 Å². The molecule has 104 valence electrons. The molecule has 1 aliphatic heterocycles. The predicted octanol–water partition coefficient (Wildman–Crippen LogP) is 0.943. The van der Waals surface area contributed by atoms with Crippen LogP contribution in [0.25, 0.3) is 0 Å². The first-order valence-corrected chi connectivity index (χ1v) is 6.46. The van der Waals surface area contributed by atoms with Crippen molar-refractivity contribution in [1.29, 1.82) is 0 Å². The van der Waals surface area contributed by atoms with Gasteiger partial charge >= 0.3 is 0 Å². The maximum absolute atomic E-state index is 13.5.